The van der Waals surface area contributed by atoms with Gasteiger partial charge in [0.2, 0.25) is 0 Å². The lowest BCUT2D eigenvalue weighted by atomic mass is 9.75. The van der Waals surface area contributed by atoms with Crippen LogP contribution in [-0.2, 0) is 0 Å². The molecule has 0 spiro atoms. The molecule has 0 saturated carbocycles. The number of nitrogens with one attached hydrogen (secondary N) is 2. The molecule has 1 aliphatic carbocycles. The Bertz CT molecular complexity index is 513. The molecule has 0 aromatic heterocycles. The van der Waals surface area contributed by atoms with E-state index in [4.69, 9.17) is 0 Å². The van der Waals surface area contributed by atoms with Crippen LogP contribution in [0.1, 0.15) is 61.3 Å². The molecule has 2 nitrogen and oxygen atoms in total. The lowest BCUT2D eigenvalue weighted by Crippen LogP contribution is -2.37. The van der Waals surface area contributed by atoms with Gasteiger partial charge in [0.25, 0.3) is 0 Å². The van der Waals surface area contributed by atoms with E-state index in [1.807, 2.05) is 0 Å². The van der Waals surface area contributed by atoms with Crippen LogP contribution < -0.4 is 10.6 Å². The molecule has 1 atom stereocenters. The van der Waals surface area contributed by atoms with Gasteiger partial charge in [0.1, 0.15) is 0 Å². The normalized spacial score (nSPS) is 17.0. The van der Waals surface area contributed by atoms with Gasteiger partial charge in [-0.15, -0.1) is 0 Å². The zero-order valence-corrected chi connectivity index (χ0v) is 16.9. The predicted octanol–water partition coefficient (Wildman–Crippen LogP) is 5.36. The molecule has 2 heteroatoms. The van der Waals surface area contributed by atoms with Crippen molar-refractivity contribution >= 4 is 0 Å². The summed E-state index contributed by atoms with van der Waals surface area (Å²) >= 11 is 0. The van der Waals surface area contributed by atoms with E-state index in [9.17, 15) is 0 Å². The highest BCUT2D eigenvalue weighted by Gasteiger charge is 2.27. The third-order valence-electron chi connectivity index (χ3n) is 4.90. The van der Waals surface area contributed by atoms with Gasteiger partial charge in [-0.2, -0.15) is 0 Å². The van der Waals surface area contributed by atoms with Gasteiger partial charge in [0.05, 0.1) is 0 Å². The molecule has 0 saturated heterocycles. The molecule has 2 N–H and O–H groups in total. The lowest BCUT2D eigenvalue weighted by molar-refractivity contribution is 0.348. The molecular weight excluding hydrogens is 292 g/mol. The molecule has 24 heavy (non-hydrogen) atoms. The van der Waals surface area contributed by atoms with Crippen LogP contribution in [0.2, 0.25) is 0 Å². The van der Waals surface area contributed by atoms with Gasteiger partial charge in [0, 0.05) is 17.8 Å². The summed E-state index contributed by atoms with van der Waals surface area (Å²) in [6.07, 6.45) is 11.1. The fraction of sp³-hybridized carbons (Fsp3) is 0.636. The third kappa shape index (κ3) is 6.68. The Balaban J connectivity index is 2.38. The summed E-state index contributed by atoms with van der Waals surface area (Å²) in [5.41, 5.74) is 4.30. The largest absolute Gasteiger partial charge is 0.385 e. The van der Waals surface area contributed by atoms with E-state index in [-0.39, 0.29) is 11.0 Å². The minimum atomic E-state index is 0.192. The smallest absolute Gasteiger partial charge is 0.0302 e. The minimum absolute atomic E-state index is 0.192. The second-order valence-electron chi connectivity index (χ2n) is 8.59. The Hall–Kier alpha value is -1.28. The minimum Gasteiger partial charge on any atom is -0.385 e. The van der Waals surface area contributed by atoms with Crippen molar-refractivity contribution in [3.8, 4) is 0 Å². The molecule has 0 aromatic rings. The van der Waals surface area contributed by atoms with E-state index in [1.54, 1.807) is 0 Å². The van der Waals surface area contributed by atoms with Crippen LogP contribution >= 0.6 is 0 Å². The van der Waals surface area contributed by atoms with Crippen LogP contribution in [-0.4, -0.2) is 18.6 Å². The molecule has 0 aliphatic heterocycles. The number of rotatable bonds is 9. The molecule has 1 rings (SSSR count). The van der Waals surface area contributed by atoms with Gasteiger partial charge in [-0.1, -0.05) is 57.2 Å². The van der Waals surface area contributed by atoms with E-state index < -0.39 is 0 Å². The molecule has 1 aliphatic rings. The zero-order valence-electron chi connectivity index (χ0n) is 16.9. The standard InChI is InChI=1S/C22H38N2/c1-9-13-22(7,8)17(2)19-11-12-20(16-19)18(3)23-14-10-15-24-21(4,5)6/h9,11-13,17,23-24H,3,10,14-16H2,1-2,4-8H3. The molecule has 0 fully saturated rings. The van der Waals surface area contributed by atoms with Crippen molar-refractivity contribution in [1.29, 1.82) is 0 Å². The molecule has 136 valence electrons. The zero-order chi connectivity index (χ0) is 18.4. The maximum atomic E-state index is 4.23. The summed E-state index contributed by atoms with van der Waals surface area (Å²) in [7, 11) is 0. The summed E-state index contributed by atoms with van der Waals surface area (Å²) in [5.74, 6) is 0.534. The number of hydrogen-bond donors (Lipinski definition) is 2. The Kier molecular flexibility index (Phi) is 7.54. The van der Waals surface area contributed by atoms with E-state index in [2.05, 4.69) is 90.0 Å². The van der Waals surface area contributed by atoms with E-state index in [0.29, 0.717) is 5.92 Å². The molecule has 0 bridgehead atoms. The molecule has 0 radical (unpaired) electrons. The van der Waals surface area contributed by atoms with Gasteiger partial charge < -0.3 is 10.6 Å². The highest BCUT2D eigenvalue weighted by molar-refractivity contribution is 5.42. The molecule has 0 aromatic carbocycles. The van der Waals surface area contributed by atoms with E-state index >= 15 is 0 Å². The quantitative estimate of drug-likeness (QED) is 0.439. The fourth-order valence-corrected chi connectivity index (χ4v) is 3.01. The molecular formula is C22H38N2. The van der Waals surface area contributed by atoms with Crippen molar-refractivity contribution in [2.24, 2.45) is 11.3 Å². The Labute approximate surface area is 150 Å². The van der Waals surface area contributed by atoms with Crippen LogP contribution in [0.25, 0.3) is 0 Å². The van der Waals surface area contributed by atoms with Crippen LogP contribution in [0.15, 0.2) is 47.7 Å². The second-order valence-corrected chi connectivity index (χ2v) is 8.59. The van der Waals surface area contributed by atoms with Crippen molar-refractivity contribution < 1.29 is 0 Å². The van der Waals surface area contributed by atoms with Gasteiger partial charge in [-0.3, -0.25) is 0 Å². The Morgan fingerprint density at radius 3 is 2.46 bits per heavy atom. The first-order valence-corrected chi connectivity index (χ1v) is 9.28. The van der Waals surface area contributed by atoms with Gasteiger partial charge >= 0.3 is 0 Å². The first-order chi connectivity index (χ1) is 11.1. The molecule has 0 amide bonds. The summed E-state index contributed by atoms with van der Waals surface area (Å²) in [6.45, 7) is 21.9. The predicted molar refractivity (Wildman–Crippen MR) is 108 cm³/mol. The monoisotopic (exact) mass is 330 g/mol. The molecule has 1 unspecified atom stereocenters. The SMILES string of the molecule is C=C(NCCCNC(C)(C)C)C1=CC=C(C(C)C(C)(C)C=CC)C1. The molecule has 0 heterocycles. The Morgan fingerprint density at radius 1 is 1.21 bits per heavy atom. The van der Waals surface area contributed by atoms with Crippen molar-refractivity contribution in [1.82, 2.24) is 10.6 Å². The summed E-state index contributed by atoms with van der Waals surface area (Å²) in [6, 6.07) is 0. The van der Waals surface area contributed by atoms with Gasteiger partial charge in [0.15, 0.2) is 0 Å². The van der Waals surface area contributed by atoms with Crippen molar-refractivity contribution in [3.63, 3.8) is 0 Å². The highest BCUT2D eigenvalue weighted by atomic mass is 15.0. The topological polar surface area (TPSA) is 24.1 Å². The maximum Gasteiger partial charge on any atom is 0.0302 e. The van der Waals surface area contributed by atoms with Crippen molar-refractivity contribution in [2.45, 2.75) is 66.8 Å². The summed E-state index contributed by atoms with van der Waals surface area (Å²) in [5, 5.41) is 7.00. The Morgan fingerprint density at radius 2 is 1.88 bits per heavy atom. The van der Waals surface area contributed by atoms with Gasteiger partial charge in [-0.05, 0) is 64.0 Å². The summed E-state index contributed by atoms with van der Waals surface area (Å²) < 4.78 is 0. The first-order valence-electron chi connectivity index (χ1n) is 9.28. The van der Waals surface area contributed by atoms with Crippen LogP contribution in [0, 0.1) is 11.3 Å². The van der Waals surface area contributed by atoms with Crippen LogP contribution in [0.5, 0.6) is 0 Å². The third-order valence-corrected chi connectivity index (χ3v) is 4.90. The highest BCUT2D eigenvalue weighted by Crippen LogP contribution is 2.39. The first kappa shape index (κ1) is 20.8. The lowest BCUT2D eigenvalue weighted by Gasteiger charge is -2.30. The van der Waals surface area contributed by atoms with E-state index in [1.165, 1.54) is 11.1 Å². The van der Waals surface area contributed by atoms with Crippen molar-refractivity contribution in [2.75, 3.05) is 13.1 Å². The van der Waals surface area contributed by atoms with E-state index in [0.717, 1.165) is 31.6 Å². The summed E-state index contributed by atoms with van der Waals surface area (Å²) in [4.78, 5) is 0. The average molecular weight is 331 g/mol. The number of hydrogen-bond acceptors (Lipinski definition) is 2. The van der Waals surface area contributed by atoms with Crippen LogP contribution in [0.3, 0.4) is 0 Å². The maximum absolute atomic E-state index is 4.23. The van der Waals surface area contributed by atoms with Gasteiger partial charge in [-0.25, -0.2) is 0 Å². The van der Waals surface area contributed by atoms with Crippen LogP contribution in [0.4, 0.5) is 0 Å². The fourth-order valence-electron chi connectivity index (χ4n) is 3.01. The van der Waals surface area contributed by atoms with Crippen molar-refractivity contribution in [3.05, 3.63) is 47.7 Å². The number of allylic oxidation sites excluding steroid dienone is 6. The second kappa shape index (κ2) is 8.71. The average Bonchev–Trinajstić information content (AvgIpc) is 2.94.